The molecule has 7 heteroatoms. The summed E-state index contributed by atoms with van der Waals surface area (Å²) in [5, 5.41) is 7.12. The van der Waals surface area contributed by atoms with Gasteiger partial charge in [0.05, 0.1) is 5.69 Å². The summed E-state index contributed by atoms with van der Waals surface area (Å²) < 4.78 is 6.91. The number of esters is 1. The molecule has 1 aromatic carbocycles. The van der Waals surface area contributed by atoms with Crippen LogP contribution in [0.4, 0.5) is 5.69 Å². The summed E-state index contributed by atoms with van der Waals surface area (Å²) in [4.78, 5) is 36.2. The Bertz CT molecular complexity index is 905. The standard InChI is InChI=1S/C22H29N3O4/c1-14-18(15(2)25(6)24-14)11-12-20(27)29-13-19(26)16-7-9-17(10-8-16)23-21(28)22(3,4)5/h7-10H,11-13H2,1-6H3,(H,23,28). The van der Waals surface area contributed by atoms with Crippen LogP contribution < -0.4 is 5.32 Å². The lowest BCUT2D eigenvalue weighted by molar-refractivity contribution is -0.142. The zero-order chi connectivity index (χ0) is 21.8. The van der Waals surface area contributed by atoms with Gasteiger partial charge in [0.2, 0.25) is 5.91 Å². The number of carbonyl (C=O) groups is 3. The van der Waals surface area contributed by atoms with Crippen LogP contribution >= 0.6 is 0 Å². The number of Topliss-reactive ketones (excluding diaryl/α,β-unsaturated/α-hetero) is 1. The Morgan fingerprint density at radius 1 is 1.10 bits per heavy atom. The monoisotopic (exact) mass is 399 g/mol. The minimum absolute atomic E-state index is 0.107. The Morgan fingerprint density at radius 3 is 2.24 bits per heavy atom. The maximum Gasteiger partial charge on any atom is 0.306 e. The second-order valence-corrected chi connectivity index (χ2v) is 8.14. The van der Waals surface area contributed by atoms with E-state index in [1.165, 1.54) is 0 Å². The fraction of sp³-hybridized carbons (Fsp3) is 0.455. The lowest BCUT2D eigenvalue weighted by Gasteiger charge is -2.17. The maximum absolute atomic E-state index is 12.2. The van der Waals surface area contributed by atoms with Crippen LogP contribution in [0.2, 0.25) is 0 Å². The maximum atomic E-state index is 12.2. The molecule has 1 aromatic heterocycles. The number of anilines is 1. The first-order valence-electron chi connectivity index (χ1n) is 9.58. The topological polar surface area (TPSA) is 90.3 Å². The summed E-state index contributed by atoms with van der Waals surface area (Å²) in [6.45, 7) is 9.03. The van der Waals surface area contributed by atoms with Crippen LogP contribution in [-0.4, -0.2) is 34.0 Å². The summed E-state index contributed by atoms with van der Waals surface area (Å²) in [5.74, 6) is -0.819. The number of hydrogen-bond acceptors (Lipinski definition) is 5. The van der Waals surface area contributed by atoms with Gasteiger partial charge in [-0.1, -0.05) is 20.8 Å². The molecule has 0 aliphatic carbocycles. The van der Waals surface area contributed by atoms with Crippen LogP contribution in [0.5, 0.6) is 0 Å². The molecule has 0 aliphatic heterocycles. The summed E-state index contributed by atoms with van der Waals surface area (Å²) in [7, 11) is 1.86. The summed E-state index contributed by atoms with van der Waals surface area (Å²) >= 11 is 0. The van der Waals surface area contributed by atoms with Crippen LogP contribution in [-0.2, 0) is 27.8 Å². The summed E-state index contributed by atoms with van der Waals surface area (Å²) in [6.07, 6.45) is 0.721. The normalized spacial score (nSPS) is 11.2. The third kappa shape index (κ3) is 6.01. The van der Waals surface area contributed by atoms with Gasteiger partial charge < -0.3 is 10.1 Å². The van der Waals surface area contributed by atoms with E-state index in [0.29, 0.717) is 17.7 Å². The number of rotatable bonds is 7. The van der Waals surface area contributed by atoms with E-state index in [9.17, 15) is 14.4 Å². The highest BCUT2D eigenvalue weighted by Crippen LogP contribution is 2.18. The van der Waals surface area contributed by atoms with Crippen molar-refractivity contribution in [2.75, 3.05) is 11.9 Å². The van der Waals surface area contributed by atoms with Crippen molar-refractivity contribution in [2.24, 2.45) is 12.5 Å². The Kier molecular flexibility index (Phi) is 6.95. The average Bonchev–Trinajstić information content (AvgIpc) is 2.89. The predicted molar refractivity (Wildman–Crippen MR) is 111 cm³/mol. The first-order chi connectivity index (χ1) is 13.5. The molecular weight excluding hydrogens is 370 g/mol. The van der Waals surface area contributed by atoms with Crippen molar-refractivity contribution >= 4 is 23.3 Å². The third-order valence-corrected chi connectivity index (χ3v) is 4.75. The number of hydrogen-bond donors (Lipinski definition) is 1. The minimum Gasteiger partial charge on any atom is -0.457 e. The molecule has 0 saturated heterocycles. The van der Waals surface area contributed by atoms with Crippen LogP contribution in [0.1, 0.15) is 54.5 Å². The van der Waals surface area contributed by atoms with Crippen molar-refractivity contribution in [3.63, 3.8) is 0 Å². The van der Waals surface area contributed by atoms with Gasteiger partial charge in [-0.3, -0.25) is 19.1 Å². The fourth-order valence-electron chi connectivity index (χ4n) is 2.77. The molecule has 0 aliphatic rings. The molecule has 0 unspecified atom stereocenters. The van der Waals surface area contributed by atoms with E-state index in [1.54, 1.807) is 28.9 Å². The van der Waals surface area contributed by atoms with E-state index >= 15 is 0 Å². The van der Waals surface area contributed by atoms with Gasteiger partial charge in [0.15, 0.2) is 12.4 Å². The van der Waals surface area contributed by atoms with E-state index in [-0.39, 0.29) is 24.7 Å². The number of aromatic nitrogens is 2. The molecule has 0 bridgehead atoms. The molecular formula is C22H29N3O4. The van der Waals surface area contributed by atoms with Crippen LogP contribution in [0.15, 0.2) is 24.3 Å². The van der Waals surface area contributed by atoms with Crippen molar-refractivity contribution in [1.82, 2.24) is 9.78 Å². The molecule has 156 valence electrons. The number of ether oxygens (including phenoxy) is 1. The van der Waals surface area contributed by atoms with Gasteiger partial charge in [-0.15, -0.1) is 0 Å². The fourth-order valence-corrected chi connectivity index (χ4v) is 2.77. The number of aryl methyl sites for hydroxylation is 2. The Balaban J connectivity index is 1.84. The van der Waals surface area contributed by atoms with E-state index < -0.39 is 11.4 Å². The Hall–Kier alpha value is -2.96. The van der Waals surface area contributed by atoms with Gasteiger partial charge in [0, 0.05) is 35.8 Å². The molecule has 29 heavy (non-hydrogen) atoms. The van der Waals surface area contributed by atoms with Gasteiger partial charge in [-0.05, 0) is 50.1 Å². The molecule has 0 spiro atoms. The highest BCUT2D eigenvalue weighted by molar-refractivity contribution is 5.99. The molecule has 0 fully saturated rings. The van der Waals surface area contributed by atoms with Crippen molar-refractivity contribution in [2.45, 2.75) is 47.5 Å². The summed E-state index contributed by atoms with van der Waals surface area (Å²) in [5.41, 5.74) is 3.47. The lowest BCUT2D eigenvalue weighted by Crippen LogP contribution is -2.27. The lowest BCUT2D eigenvalue weighted by atomic mass is 9.95. The zero-order valence-electron chi connectivity index (χ0n) is 18.0. The van der Waals surface area contributed by atoms with Gasteiger partial charge in [-0.25, -0.2) is 0 Å². The number of amides is 1. The molecule has 0 saturated carbocycles. The molecule has 7 nitrogen and oxygen atoms in total. The van der Waals surface area contributed by atoms with Gasteiger partial charge >= 0.3 is 5.97 Å². The summed E-state index contributed by atoms with van der Waals surface area (Å²) in [6, 6.07) is 6.53. The number of nitrogens with zero attached hydrogens (tertiary/aromatic N) is 2. The quantitative estimate of drug-likeness (QED) is 0.569. The van der Waals surface area contributed by atoms with Crippen molar-refractivity contribution in [3.05, 3.63) is 46.8 Å². The van der Waals surface area contributed by atoms with Crippen LogP contribution in [0, 0.1) is 19.3 Å². The van der Waals surface area contributed by atoms with Crippen molar-refractivity contribution in [3.8, 4) is 0 Å². The second kappa shape index (κ2) is 9.03. The number of carbonyl (C=O) groups excluding carboxylic acids is 3. The molecule has 0 atom stereocenters. The molecule has 1 heterocycles. The first kappa shape index (κ1) is 22.3. The Morgan fingerprint density at radius 2 is 1.72 bits per heavy atom. The van der Waals surface area contributed by atoms with E-state index in [0.717, 1.165) is 17.0 Å². The minimum atomic E-state index is -0.504. The molecule has 1 N–H and O–H groups in total. The van der Waals surface area contributed by atoms with Crippen LogP contribution in [0.3, 0.4) is 0 Å². The van der Waals surface area contributed by atoms with E-state index in [2.05, 4.69) is 10.4 Å². The second-order valence-electron chi connectivity index (χ2n) is 8.14. The SMILES string of the molecule is Cc1nn(C)c(C)c1CCC(=O)OCC(=O)c1ccc(NC(=O)C(C)(C)C)cc1. The number of ketones is 1. The van der Waals surface area contributed by atoms with E-state index in [1.807, 2.05) is 41.7 Å². The van der Waals surface area contributed by atoms with Gasteiger partial charge in [0.1, 0.15) is 0 Å². The van der Waals surface area contributed by atoms with Gasteiger partial charge in [-0.2, -0.15) is 5.10 Å². The van der Waals surface area contributed by atoms with Crippen molar-refractivity contribution in [1.29, 1.82) is 0 Å². The van der Waals surface area contributed by atoms with Crippen LogP contribution in [0.25, 0.3) is 0 Å². The molecule has 2 aromatic rings. The Labute approximate surface area is 171 Å². The first-order valence-corrected chi connectivity index (χ1v) is 9.58. The predicted octanol–water partition coefficient (Wildman–Crippen LogP) is 3.38. The number of nitrogens with one attached hydrogen (secondary N) is 1. The molecule has 1 amide bonds. The van der Waals surface area contributed by atoms with Crippen molar-refractivity contribution < 1.29 is 19.1 Å². The highest BCUT2D eigenvalue weighted by Gasteiger charge is 2.21. The molecule has 2 rings (SSSR count). The average molecular weight is 399 g/mol. The highest BCUT2D eigenvalue weighted by atomic mass is 16.5. The largest absolute Gasteiger partial charge is 0.457 e. The molecule has 0 radical (unpaired) electrons. The van der Waals surface area contributed by atoms with Gasteiger partial charge in [0.25, 0.3) is 0 Å². The number of benzene rings is 1. The zero-order valence-corrected chi connectivity index (χ0v) is 18.0. The third-order valence-electron chi connectivity index (χ3n) is 4.75. The van der Waals surface area contributed by atoms with E-state index in [4.69, 9.17) is 4.74 Å². The smallest absolute Gasteiger partial charge is 0.306 e.